The number of hydrogen-bond acceptors (Lipinski definition) is 3. The summed E-state index contributed by atoms with van der Waals surface area (Å²) >= 11 is 6.76. The Labute approximate surface area is 107 Å². The number of rotatable bonds is 6. The second-order valence-electron chi connectivity index (χ2n) is 4.32. The van der Waals surface area contributed by atoms with Crippen molar-refractivity contribution >= 4 is 28.5 Å². The van der Waals surface area contributed by atoms with Gasteiger partial charge < -0.3 is 10.6 Å². The van der Waals surface area contributed by atoms with Crippen molar-refractivity contribution < 1.29 is 0 Å². The Kier molecular flexibility index (Phi) is 5.38. The first-order valence-electron chi connectivity index (χ1n) is 5.53. The van der Waals surface area contributed by atoms with Gasteiger partial charge in [-0.1, -0.05) is 18.3 Å². The lowest BCUT2D eigenvalue weighted by Crippen LogP contribution is -2.39. The molecule has 2 atom stereocenters. The summed E-state index contributed by atoms with van der Waals surface area (Å²) in [5, 5.41) is 2.13. The SMILES string of the molecule is CC(CC(N)=S)N(C)C(C)Cc1cccs1. The van der Waals surface area contributed by atoms with Crippen molar-refractivity contribution in [1.82, 2.24) is 4.90 Å². The zero-order valence-electron chi connectivity index (χ0n) is 10.1. The maximum absolute atomic E-state index is 5.57. The molecular weight excluding hydrogens is 236 g/mol. The Morgan fingerprint density at radius 3 is 2.69 bits per heavy atom. The Morgan fingerprint density at radius 1 is 1.50 bits per heavy atom. The molecule has 90 valence electrons. The minimum Gasteiger partial charge on any atom is -0.393 e. The first-order chi connectivity index (χ1) is 7.50. The summed E-state index contributed by atoms with van der Waals surface area (Å²) in [7, 11) is 2.14. The van der Waals surface area contributed by atoms with Crippen LogP contribution < -0.4 is 5.73 Å². The number of thiocarbonyl (C=S) groups is 1. The van der Waals surface area contributed by atoms with E-state index in [0.717, 1.165) is 12.8 Å². The summed E-state index contributed by atoms with van der Waals surface area (Å²) in [5.41, 5.74) is 5.57. The molecule has 2 N–H and O–H groups in total. The van der Waals surface area contributed by atoms with Crippen molar-refractivity contribution in [1.29, 1.82) is 0 Å². The summed E-state index contributed by atoms with van der Waals surface area (Å²) < 4.78 is 0. The number of nitrogens with two attached hydrogens (primary N) is 1. The molecule has 4 heteroatoms. The molecule has 2 unspecified atom stereocenters. The van der Waals surface area contributed by atoms with Crippen LogP contribution in [-0.4, -0.2) is 29.0 Å². The molecule has 1 aromatic rings. The summed E-state index contributed by atoms with van der Waals surface area (Å²) in [6.45, 7) is 4.42. The van der Waals surface area contributed by atoms with Crippen molar-refractivity contribution in [2.45, 2.75) is 38.8 Å². The number of thiophene rings is 1. The van der Waals surface area contributed by atoms with Crippen molar-refractivity contribution in [2.24, 2.45) is 5.73 Å². The third-order valence-electron chi connectivity index (χ3n) is 2.96. The van der Waals surface area contributed by atoms with Crippen LogP contribution >= 0.6 is 23.6 Å². The van der Waals surface area contributed by atoms with Crippen LogP contribution in [0, 0.1) is 0 Å². The fourth-order valence-corrected chi connectivity index (χ4v) is 2.80. The number of nitrogens with zero attached hydrogens (tertiary/aromatic N) is 1. The lowest BCUT2D eigenvalue weighted by Gasteiger charge is -2.30. The van der Waals surface area contributed by atoms with Crippen LogP contribution in [-0.2, 0) is 6.42 Å². The lowest BCUT2D eigenvalue weighted by atomic mass is 10.1. The minimum absolute atomic E-state index is 0.410. The van der Waals surface area contributed by atoms with Crippen LogP contribution in [0.2, 0.25) is 0 Å². The first-order valence-corrected chi connectivity index (χ1v) is 6.82. The normalized spacial score (nSPS) is 15.0. The molecule has 0 aliphatic rings. The standard InChI is InChI=1S/C12H20N2S2/c1-9(7-11-5-4-6-16-11)14(3)10(2)8-12(13)15/h4-6,9-10H,7-8H2,1-3H3,(H2,13,15). The second-order valence-corrected chi connectivity index (χ2v) is 5.87. The van der Waals surface area contributed by atoms with Gasteiger partial charge in [-0.3, -0.25) is 0 Å². The van der Waals surface area contributed by atoms with E-state index in [9.17, 15) is 0 Å². The fraction of sp³-hybridized carbons (Fsp3) is 0.583. The van der Waals surface area contributed by atoms with E-state index in [1.165, 1.54) is 4.88 Å². The zero-order valence-corrected chi connectivity index (χ0v) is 11.8. The maximum atomic E-state index is 5.57. The molecule has 0 amide bonds. The smallest absolute Gasteiger partial charge is 0.0742 e. The highest BCUT2D eigenvalue weighted by atomic mass is 32.1. The van der Waals surface area contributed by atoms with Gasteiger partial charge in [0.2, 0.25) is 0 Å². The number of likely N-dealkylation sites (N-methyl/N-ethyl adjacent to an activating group) is 1. The van der Waals surface area contributed by atoms with Crippen LogP contribution in [0.3, 0.4) is 0 Å². The van der Waals surface area contributed by atoms with Gasteiger partial charge in [-0.05, 0) is 38.8 Å². The van der Waals surface area contributed by atoms with Gasteiger partial charge in [0.25, 0.3) is 0 Å². The molecule has 1 rings (SSSR count). The quantitative estimate of drug-likeness (QED) is 0.794. The monoisotopic (exact) mass is 256 g/mol. The predicted molar refractivity (Wildman–Crippen MR) is 76.1 cm³/mol. The van der Waals surface area contributed by atoms with Crippen LogP contribution in [0.4, 0.5) is 0 Å². The van der Waals surface area contributed by atoms with Crippen molar-refractivity contribution in [3.05, 3.63) is 22.4 Å². The van der Waals surface area contributed by atoms with Gasteiger partial charge in [-0.2, -0.15) is 0 Å². The van der Waals surface area contributed by atoms with Gasteiger partial charge >= 0.3 is 0 Å². The van der Waals surface area contributed by atoms with Crippen LogP contribution in [0.1, 0.15) is 25.1 Å². The van der Waals surface area contributed by atoms with Gasteiger partial charge in [-0.25, -0.2) is 0 Å². The minimum atomic E-state index is 0.410. The van der Waals surface area contributed by atoms with E-state index in [1.54, 1.807) is 0 Å². The third-order valence-corrected chi connectivity index (χ3v) is 4.03. The fourth-order valence-electron chi connectivity index (χ4n) is 1.73. The van der Waals surface area contributed by atoms with Gasteiger partial charge in [0.1, 0.15) is 0 Å². The molecule has 0 fully saturated rings. The molecule has 0 bridgehead atoms. The zero-order chi connectivity index (χ0) is 12.1. The topological polar surface area (TPSA) is 29.3 Å². The largest absolute Gasteiger partial charge is 0.393 e. The Balaban J connectivity index is 2.46. The molecular formula is C12H20N2S2. The second kappa shape index (κ2) is 6.33. The molecule has 0 aliphatic carbocycles. The molecule has 0 radical (unpaired) electrons. The van der Waals surface area contributed by atoms with Crippen molar-refractivity contribution in [3.63, 3.8) is 0 Å². The predicted octanol–water partition coefficient (Wildman–Crippen LogP) is 2.68. The van der Waals surface area contributed by atoms with Gasteiger partial charge in [0.05, 0.1) is 4.99 Å². The molecule has 0 saturated carbocycles. The van der Waals surface area contributed by atoms with E-state index in [0.29, 0.717) is 17.1 Å². The lowest BCUT2D eigenvalue weighted by molar-refractivity contribution is 0.200. The van der Waals surface area contributed by atoms with E-state index >= 15 is 0 Å². The molecule has 0 aliphatic heterocycles. The van der Waals surface area contributed by atoms with E-state index in [-0.39, 0.29) is 0 Å². The van der Waals surface area contributed by atoms with E-state index in [1.807, 2.05) is 11.3 Å². The van der Waals surface area contributed by atoms with Crippen LogP contribution in [0.15, 0.2) is 17.5 Å². The molecule has 16 heavy (non-hydrogen) atoms. The summed E-state index contributed by atoms with van der Waals surface area (Å²) in [4.78, 5) is 4.38. The molecule has 2 nitrogen and oxygen atoms in total. The average Bonchev–Trinajstić information content (AvgIpc) is 2.68. The Morgan fingerprint density at radius 2 is 2.19 bits per heavy atom. The van der Waals surface area contributed by atoms with Gasteiger partial charge in [-0.15, -0.1) is 11.3 Å². The summed E-state index contributed by atoms with van der Waals surface area (Å²) in [6.07, 6.45) is 1.89. The first kappa shape index (κ1) is 13.6. The average molecular weight is 256 g/mol. The van der Waals surface area contributed by atoms with Crippen LogP contribution in [0.25, 0.3) is 0 Å². The van der Waals surface area contributed by atoms with Gasteiger partial charge in [0, 0.05) is 23.4 Å². The van der Waals surface area contributed by atoms with E-state index in [2.05, 4.69) is 43.3 Å². The molecule has 1 aromatic heterocycles. The van der Waals surface area contributed by atoms with E-state index in [4.69, 9.17) is 18.0 Å². The Bertz CT molecular complexity index is 322. The van der Waals surface area contributed by atoms with E-state index < -0.39 is 0 Å². The highest BCUT2D eigenvalue weighted by molar-refractivity contribution is 7.80. The molecule has 1 heterocycles. The third kappa shape index (κ3) is 4.20. The van der Waals surface area contributed by atoms with Gasteiger partial charge in [0.15, 0.2) is 0 Å². The summed E-state index contributed by atoms with van der Waals surface area (Å²) in [5.74, 6) is 0. The van der Waals surface area contributed by atoms with Crippen LogP contribution in [0.5, 0.6) is 0 Å². The highest BCUT2D eigenvalue weighted by Crippen LogP contribution is 2.15. The highest BCUT2D eigenvalue weighted by Gasteiger charge is 2.16. The van der Waals surface area contributed by atoms with Crippen molar-refractivity contribution in [2.75, 3.05) is 7.05 Å². The Hall–Kier alpha value is -0.450. The number of hydrogen-bond donors (Lipinski definition) is 1. The molecule has 0 aromatic carbocycles. The summed E-state index contributed by atoms with van der Waals surface area (Å²) in [6, 6.07) is 5.22. The molecule has 0 saturated heterocycles. The molecule has 0 spiro atoms. The maximum Gasteiger partial charge on any atom is 0.0742 e. The van der Waals surface area contributed by atoms with Crippen molar-refractivity contribution in [3.8, 4) is 0 Å².